The first-order chi connectivity index (χ1) is 11.9. The highest BCUT2D eigenvalue weighted by Crippen LogP contribution is 2.44. The van der Waals surface area contributed by atoms with Gasteiger partial charge >= 0.3 is 5.97 Å². The van der Waals surface area contributed by atoms with Crippen LogP contribution in [0.25, 0.3) is 0 Å². The van der Waals surface area contributed by atoms with Crippen molar-refractivity contribution in [3.63, 3.8) is 0 Å². The van der Waals surface area contributed by atoms with Crippen molar-refractivity contribution in [2.45, 2.75) is 88.2 Å². The average molecular weight is 352 g/mol. The van der Waals surface area contributed by atoms with Gasteiger partial charge in [0.25, 0.3) is 0 Å². The third-order valence-corrected chi connectivity index (χ3v) is 5.99. The Hall–Kier alpha value is -0.950. The van der Waals surface area contributed by atoms with Crippen LogP contribution in [0.3, 0.4) is 0 Å². The summed E-state index contributed by atoms with van der Waals surface area (Å²) in [7, 11) is 0. The van der Waals surface area contributed by atoms with E-state index in [2.05, 4.69) is 6.92 Å². The zero-order valence-corrected chi connectivity index (χ0v) is 14.7. The van der Waals surface area contributed by atoms with Crippen LogP contribution in [0, 0.1) is 11.8 Å². The molecule has 0 bridgehead atoms. The molecule has 6 nitrogen and oxygen atoms in total. The number of hydrogen-bond acceptors (Lipinski definition) is 6. The van der Waals surface area contributed by atoms with Crippen LogP contribution in [-0.2, 0) is 19.0 Å². The molecule has 1 aliphatic carbocycles. The van der Waals surface area contributed by atoms with Gasteiger partial charge < -0.3 is 24.4 Å². The first-order valence-corrected chi connectivity index (χ1v) is 9.51. The number of fused-ring (bicyclic) bond motifs is 1. The highest BCUT2D eigenvalue weighted by Gasteiger charge is 2.53. The molecule has 6 heteroatoms. The van der Waals surface area contributed by atoms with Crippen LogP contribution in [0.4, 0.5) is 0 Å². The minimum Gasteiger partial charge on any atom is -0.456 e. The Labute approximate surface area is 148 Å². The minimum absolute atomic E-state index is 0.240. The molecule has 1 saturated carbocycles. The van der Waals surface area contributed by atoms with Crippen molar-refractivity contribution in [2.75, 3.05) is 0 Å². The van der Waals surface area contributed by atoms with Gasteiger partial charge in [-0.05, 0) is 50.0 Å². The van der Waals surface area contributed by atoms with E-state index in [0.29, 0.717) is 31.6 Å². The van der Waals surface area contributed by atoms with Crippen LogP contribution in [-0.4, -0.2) is 52.5 Å². The van der Waals surface area contributed by atoms with E-state index in [1.54, 1.807) is 6.08 Å². The van der Waals surface area contributed by atoms with E-state index < -0.39 is 18.0 Å². The third-order valence-electron chi connectivity index (χ3n) is 5.99. The monoisotopic (exact) mass is 352 g/mol. The van der Waals surface area contributed by atoms with Crippen LogP contribution in [0.1, 0.15) is 51.9 Å². The molecule has 1 spiro atoms. The molecule has 25 heavy (non-hydrogen) atoms. The van der Waals surface area contributed by atoms with Gasteiger partial charge in [-0.2, -0.15) is 0 Å². The van der Waals surface area contributed by atoms with Gasteiger partial charge in [-0.25, -0.2) is 4.79 Å². The second-order valence-corrected chi connectivity index (χ2v) is 8.43. The van der Waals surface area contributed by atoms with Crippen molar-refractivity contribution in [1.29, 1.82) is 0 Å². The summed E-state index contributed by atoms with van der Waals surface area (Å²) in [5, 5.41) is 20.7. The summed E-state index contributed by atoms with van der Waals surface area (Å²) in [5.74, 6) is 0.110. The number of aliphatic hydroxyl groups excluding tert-OH is 2. The van der Waals surface area contributed by atoms with Crippen LogP contribution < -0.4 is 0 Å². The van der Waals surface area contributed by atoms with Crippen molar-refractivity contribution >= 4 is 5.97 Å². The summed E-state index contributed by atoms with van der Waals surface area (Å²) in [4.78, 5) is 11.4. The number of rotatable bonds is 4. The zero-order chi connectivity index (χ0) is 17.6. The zero-order valence-electron chi connectivity index (χ0n) is 14.7. The molecule has 0 aromatic heterocycles. The Kier molecular flexibility index (Phi) is 4.65. The molecule has 3 unspecified atom stereocenters. The molecule has 6 atom stereocenters. The second-order valence-electron chi connectivity index (χ2n) is 8.43. The van der Waals surface area contributed by atoms with Gasteiger partial charge in [0, 0.05) is 18.9 Å². The highest BCUT2D eigenvalue weighted by atomic mass is 16.7. The number of hydrogen-bond donors (Lipinski definition) is 2. The van der Waals surface area contributed by atoms with E-state index in [0.717, 1.165) is 12.3 Å². The Morgan fingerprint density at radius 1 is 1.24 bits per heavy atom. The van der Waals surface area contributed by atoms with Gasteiger partial charge in [0.15, 0.2) is 5.79 Å². The summed E-state index contributed by atoms with van der Waals surface area (Å²) >= 11 is 0. The molecule has 3 aliphatic heterocycles. The van der Waals surface area contributed by atoms with Crippen molar-refractivity contribution < 1.29 is 29.2 Å². The fourth-order valence-corrected chi connectivity index (χ4v) is 4.97. The quantitative estimate of drug-likeness (QED) is 0.749. The van der Waals surface area contributed by atoms with Gasteiger partial charge in [-0.1, -0.05) is 6.92 Å². The maximum absolute atomic E-state index is 11.4. The molecular weight excluding hydrogens is 324 g/mol. The lowest BCUT2D eigenvalue weighted by Gasteiger charge is -2.41. The molecule has 4 aliphatic rings. The van der Waals surface area contributed by atoms with Gasteiger partial charge in [-0.15, -0.1) is 0 Å². The van der Waals surface area contributed by atoms with Crippen molar-refractivity contribution in [1.82, 2.24) is 0 Å². The smallest absolute Gasteiger partial charge is 0.330 e. The van der Waals surface area contributed by atoms with Crippen LogP contribution in [0.5, 0.6) is 0 Å². The van der Waals surface area contributed by atoms with Crippen molar-refractivity contribution in [2.24, 2.45) is 11.8 Å². The lowest BCUT2D eigenvalue weighted by molar-refractivity contribution is -0.285. The molecule has 2 N–H and O–H groups in total. The molecule has 3 heterocycles. The van der Waals surface area contributed by atoms with Gasteiger partial charge in [0.05, 0.1) is 18.3 Å². The fraction of sp³-hybridized carbons (Fsp3) is 0.842. The predicted octanol–water partition coefficient (Wildman–Crippen LogP) is 1.68. The standard InChI is InChI=1S/C19H28O6/c1-11-4-12(5-11)6-13(20)7-15-8-14(21)9-19(24-15)10-17-16(25-19)2-3-18(22)23-17/h2-3,11-17,20-21H,4-10H2,1H3/t11?,12?,13-,14?,15?,16+,17+,19?/m1/s1. The lowest BCUT2D eigenvalue weighted by atomic mass is 9.73. The summed E-state index contributed by atoms with van der Waals surface area (Å²) in [6, 6.07) is 0. The Balaban J connectivity index is 1.35. The van der Waals surface area contributed by atoms with Gasteiger partial charge in [0.2, 0.25) is 0 Å². The molecule has 0 radical (unpaired) electrons. The maximum Gasteiger partial charge on any atom is 0.330 e. The van der Waals surface area contributed by atoms with Crippen LogP contribution in [0.15, 0.2) is 12.2 Å². The highest BCUT2D eigenvalue weighted by molar-refractivity contribution is 5.83. The molecular formula is C19H28O6. The van der Waals surface area contributed by atoms with Crippen molar-refractivity contribution in [3.05, 3.63) is 12.2 Å². The first kappa shape index (κ1) is 17.5. The SMILES string of the molecule is CC1CC(C[C@@H](O)CC2CC(O)CC3(C[C@@H]4OC(=O)C=C[C@@H]4O3)O2)C1. The fourth-order valence-electron chi connectivity index (χ4n) is 4.97. The minimum atomic E-state index is -0.919. The van der Waals surface area contributed by atoms with E-state index in [1.807, 2.05) is 0 Å². The van der Waals surface area contributed by atoms with E-state index in [-0.39, 0.29) is 24.3 Å². The topological polar surface area (TPSA) is 85.2 Å². The summed E-state index contributed by atoms with van der Waals surface area (Å²) < 4.78 is 17.5. The third kappa shape index (κ3) is 3.77. The van der Waals surface area contributed by atoms with E-state index in [1.165, 1.54) is 18.9 Å². The maximum atomic E-state index is 11.4. The van der Waals surface area contributed by atoms with E-state index >= 15 is 0 Å². The number of ether oxygens (including phenoxy) is 3. The molecule has 2 saturated heterocycles. The van der Waals surface area contributed by atoms with Crippen LogP contribution >= 0.6 is 0 Å². The summed E-state index contributed by atoms with van der Waals surface area (Å²) in [6.07, 6.45) is 6.24. The Bertz CT molecular complexity index is 542. The molecule has 0 amide bonds. The van der Waals surface area contributed by atoms with E-state index in [9.17, 15) is 15.0 Å². The number of carbonyl (C=O) groups excluding carboxylic acids is 1. The average Bonchev–Trinajstić information content (AvgIpc) is 2.80. The molecule has 0 aromatic rings. The lowest BCUT2D eigenvalue weighted by Crippen LogP contribution is -2.47. The molecule has 0 aromatic carbocycles. The number of aliphatic hydroxyl groups is 2. The Morgan fingerprint density at radius 3 is 2.80 bits per heavy atom. The van der Waals surface area contributed by atoms with Crippen LogP contribution in [0.2, 0.25) is 0 Å². The van der Waals surface area contributed by atoms with Gasteiger partial charge in [-0.3, -0.25) is 0 Å². The molecule has 4 rings (SSSR count). The largest absolute Gasteiger partial charge is 0.456 e. The summed E-state index contributed by atoms with van der Waals surface area (Å²) in [6.45, 7) is 2.24. The summed E-state index contributed by atoms with van der Waals surface area (Å²) in [5.41, 5.74) is 0. The van der Waals surface area contributed by atoms with E-state index in [4.69, 9.17) is 14.2 Å². The van der Waals surface area contributed by atoms with Crippen molar-refractivity contribution in [3.8, 4) is 0 Å². The predicted molar refractivity (Wildman–Crippen MR) is 88.5 cm³/mol. The first-order valence-electron chi connectivity index (χ1n) is 9.51. The normalized spacial score (nSPS) is 47.2. The molecule has 3 fully saturated rings. The second kappa shape index (κ2) is 6.65. The molecule has 140 valence electrons. The van der Waals surface area contributed by atoms with Gasteiger partial charge in [0.1, 0.15) is 12.2 Å². The number of esters is 1. The number of carbonyl (C=O) groups is 1. The Morgan fingerprint density at radius 2 is 2.04 bits per heavy atom.